The van der Waals surface area contributed by atoms with Crippen LogP contribution >= 0.6 is 0 Å². The van der Waals surface area contributed by atoms with Gasteiger partial charge in [0.1, 0.15) is 0 Å². The Morgan fingerprint density at radius 3 is 1.03 bits per heavy atom. The van der Waals surface area contributed by atoms with Crippen molar-refractivity contribution in [3.05, 3.63) is 0 Å². The van der Waals surface area contributed by atoms with Crippen LogP contribution in [0.5, 0.6) is 0 Å². The molecule has 0 aromatic rings. The van der Waals surface area contributed by atoms with Gasteiger partial charge in [0.2, 0.25) is 0 Å². The van der Waals surface area contributed by atoms with Crippen LogP contribution in [-0.2, 0) is 19.1 Å². The third kappa shape index (κ3) is 25.2. The van der Waals surface area contributed by atoms with E-state index in [4.69, 9.17) is 9.47 Å². The molecule has 0 radical (unpaired) electrons. The summed E-state index contributed by atoms with van der Waals surface area (Å²) in [5.41, 5.74) is 0. The van der Waals surface area contributed by atoms with E-state index in [9.17, 15) is 9.59 Å². The van der Waals surface area contributed by atoms with Gasteiger partial charge < -0.3 is 9.47 Å². The van der Waals surface area contributed by atoms with Crippen molar-refractivity contribution in [1.82, 2.24) is 0 Å². The van der Waals surface area contributed by atoms with Crippen molar-refractivity contribution in [2.24, 2.45) is 0 Å². The summed E-state index contributed by atoms with van der Waals surface area (Å²) in [5.74, 6) is -0.0345. The van der Waals surface area contributed by atoms with Gasteiger partial charge in [0.05, 0.1) is 13.2 Å². The van der Waals surface area contributed by atoms with Crippen LogP contribution < -0.4 is 0 Å². The van der Waals surface area contributed by atoms with Gasteiger partial charge in [0, 0.05) is 12.8 Å². The van der Waals surface area contributed by atoms with Crippen molar-refractivity contribution in [2.75, 3.05) is 13.2 Å². The minimum absolute atomic E-state index is 0.0173. The van der Waals surface area contributed by atoms with Crippen molar-refractivity contribution in [3.8, 4) is 0 Å². The molecule has 0 fully saturated rings. The fourth-order valence-corrected chi connectivity index (χ4v) is 3.88. The maximum absolute atomic E-state index is 11.7. The number of unbranched alkanes of at least 4 members (excludes halogenated alkanes) is 17. The Morgan fingerprint density at radius 2 is 0.688 bits per heavy atom. The molecule has 0 aliphatic carbocycles. The molecule has 0 spiro atoms. The Kier molecular flexibility index (Phi) is 25.3. The van der Waals surface area contributed by atoms with Gasteiger partial charge in [-0.1, -0.05) is 117 Å². The van der Waals surface area contributed by atoms with Crippen molar-refractivity contribution < 1.29 is 19.1 Å². The molecule has 0 atom stereocenters. The first kappa shape index (κ1) is 30.9. The highest BCUT2D eigenvalue weighted by molar-refractivity contribution is 5.69. The Hall–Kier alpha value is -1.06. The molecule has 0 heterocycles. The van der Waals surface area contributed by atoms with Crippen LogP contribution in [0.25, 0.3) is 0 Å². The lowest BCUT2D eigenvalue weighted by molar-refractivity contribution is -0.144. The summed E-state index contributed by atoms with van der Waals surface area (Å²) >= 11 is 0. The molecule has 0 N–H and O–H groups in total. The number of rotatable bonds is 25. The average Bonchev–Trinajstić information content (AvgIpc) is 2.79. The monoisotopic (exact) mass is 454 g/mol. The van der Waals surface area contributed by atoms with Gasteiger partial charge in [0.25, 0.3) is 0 Å². The Balaban J connectivity index is 3.21. The van der Waals surface area contributed by atoms with Crippen molar-refractivity contribution >= 4 is 11.9 Å². The topological polar surface area (TPSA) is 52.6 Å². The Bertz CT molecular complexity index is 370. The molecule has 0 unspecified atom stereocenters. The predicted molar refractivity (Wildman–Crippen MR) is 135 cm³/mol. The molecule has 0 aliphatic rings. The van der Waals surface area contributed by atoms with Gasteiger partial charge in [-0.3, -0.25) is 9.59 Å². The normalized spacial score (nSPS) is 10.9. The number of hydrogen-bond donors (Lipinski definition) is 0. The Labute approximate surface area is 199 Å². The molecule has 190 valence electrons. The van der Waals surface area contributed by atoms with Gasteiger partial charge in [-0.2, -0.15) is 0 Å². The highest BCUT2D eigenvalue weighted by Gasteiger charge is 2.03. The van der Waals surface area contributed by atoms with E-state index >= 15 is 0 Å². The zero-order chi connectivity index (χ0) is 23.5. The van der Waals surface area contributed by atoms with E-state index in [2.05, 4.69) is 13.8 Å². The predicted octanol–water partition coefficient (Wildman–Crippen LogP) is 8.69. The molecule has 4 heteroatoms. The van der Waals surface area contributed by atoms with Crippen LogP contribution in [0.1, 0.15) is 155 Å². The molecule has 0 rings (SSSR count). The molecule has 0 aromatic carbocycles. The van der Waals surface area contributed by atoms with E-state index in [1.54, 1.807) is 0 Å². The molecule has 0 bridgehead atoms. The molecule has 0 aromatic heterocycles. The van der Waals surface area contributed by atoms with Gasteiger partial charge >= 0.3 is 11.9 Å². The minimum atomic E-state index is -0.0173. The first-order valence-corrected chi connectivity index (χ1v) is 14.0. The fraction of sp³-hybridized carbons (Fsp3) is 0.929. The summed E-state index contributed by atoms with van der Waals surface area (Å²) in [6, 6.07) is 0. The lowest BCUT2D eigenvalue weighted by Gasteiger charge is -2.06. The first-order chi connectivity index (χ1) is 15.7. The molecular weight excluding hydrogens is 400 g/mol. The van der Waals surface area contributed by atoms with E-state index < -0.39 is 0 Å². The smallest absolute Gasteiger partial charge is 0.305 e. The molecule has 0 aliphatic heterocycles. The third-order valence-electron chi connectivity index (χ3n) is 6.03. The summed E-state index contributed by atoms with van der Waals surface area (Å²) < 4.78 is 10.6. The highest BCUT2D eigenvalue weighted by atomic mass is 16.5. The second-order valence-electron chi connectivity index (χ2n) is 9.30. The first-order valence-electron chi connectivity index (χ1n) is 14.0. The average molecular weight is 455 g/mol. The molecule has 0 saturated heterocycles. The van der Waals surface area contributed by atoms with Crippen LogP contribution in [0.3, 0.4) is 0 Å². The van der Waals surface area contributed by atoms with Crippen LogP contribution in [0.4, 0.5) is 0 Å². The van der Waals surface area contributed by atoms with Crippen molar-refractivity contribution in [1.29, 1.82) is 0 Å². The maximum Gasteiger partial charge on any atom is 0.305 e. The van der Waals surface area contributed by atoms with E-state index in [0.717, 1.165) is 38.5 Å². The van der Waals surface area contributed by atoms with E-state index in [1.165, 1.54) is 89.9 Å². The minimum Gasteiger partial charge on any atom is -0.466 e. The number of hydrogen-bond acceptors (Lipinski definition) is 4. The summed E-state index contributed by atoms with van der Waals surface area (Å²) in [4.78, 5) is 23.4. The lowest BCUT2D eigenvalue weighted by Crippen LogP contribution is -2.05. The van der Waals surface area contributed by atoms with E-state index in [-0.39, 0.29) is 11.9 Å². The van der Waals surface area contributed by atoms with Crippen molar-refractivity contribution in [2.45, 2.75) is 155 Å². The molecule has 32 heavy (non-hydrogen) atoms. The van der Waals surface area contributed by atoms with Crippen LogP contribution in [0.15, 0.2) is 0 Å². The number of carbonyl (C=O) groups excluding carboxylic acids is 2. The number of esters is 2. The Morgan fingerprint density at radius 1 is 0.406 bits per heavy atom. The second-order valence-corrected chi connectivity index (χ2v) is 9.30. The standard InChI is InChI=1S/C28H54O4/c1-3-5-7-17-21-25-31-27(29)23-19-15-13-11-9-10-12-14-16-20-24-28(30)32-26-22-18-8-6-4-2/h3-26H2,1-2H3. The molecular formula is C28H54O4. The SMILES string of the molecule is CCCCCCCOC(=O)CCCCCCCCCCCCC(=O)OCCCCCCC. The van der Waals surface area contributed by atoms with E-state index in [0.29, 0.717) is 26.1 Å². The lowest BCUT2D eigenvalue weighted by atomic mass is 10.1. The quantitative estimate of drug-likeness (QED) is 0.102. The maximum atomic E-state index is 11.7. The zero-order valence-electron chi connectivity index (χ0n) is 21.6. The third-order valence-corrected chi connectivity index (χ3v) is 6.03. The van der Waals surface area contributed by atoms with Gasteiger partial charge in [-0.15, -0.1) is 0 Å². The van der Waals surface area contributed by atoms with Gasteiger partial charge in [-0.25, -0.2) is 0 Å². The van der Waals surface area contributed by atoms with Crippen molar-refractivity contribution in [3.63, 3.8) is 0 Å². The summed E-state index contributed by atoms with van der Waals surface area (Å²) in [5, 5.41) is 0. The van der Waals surface area contributed by atoms with Gasteiger partial charge in [0.15, 0.2) is 0 Å². The second kappa shape index (κ2) is 26.2. The van der Waals surface area contributed by atoms with Gasteiger partial charge in [-0.05, 0) is 25.7 Å². The van der Waals surface area contributed by atoms with Crippen LogP contribution in [0, 0.1) is 0 Å². The number of ether oxygens (including phenoxy) is 2. The molecule has 0 amide bonds. The zero-order valence-corrected chi connectivity index (χ0v) is 21.6. The fourth-order valence-electron chi connectivity index (χ4n) is 3.88. The molecule has 4 nitrogen and oxygen atoms in total. The summed E-state index contributed by atoms with van der Waals surface area (Å²) in [7, 11) is 0. The van der Waals surface area contributed by atoms with E-state index in [1.807, 2.05) is 0 Å². The highest BCUT2D eigenvalue weighted by Crippen LogP contribution is 2.13. The number of carbonyl (C=O) groups is 2. The molecule has 0 saturated carbocycles. The van der Waals surface area contributed by atoms with Crippen LogP contribution in [0.2, 0.25) is 0 Å². The largest absolute Gasteiger partial charge is 0.466 e. The summed E-state index contributed by atoms with van der Waals surface area (Å²) in [6.45, 7) is 5.62. The summed E-state index contributed by atoms with van der Waals surface area (Å²) in [6.07, 6.45) is 24.8. The van der Waals surface area contributed by atoms with Crippen LogP contribution in [-0.4, -0.2) is 25.2 Å².